The summed E-state index contributed by atoms with van der Waals surface area (Å²) < 4.78 is 5.78. The molecule has 0 spiro atoms. The van der Waals surface area contributed by atoms with Crippen LogP contribution in [-0.4, -0.2) is 43.7 Å². The molecule has 19 heavy (non-hydrogen) atoms. The molecule has 0 bridgehead atoms. The van der Waals surface area contributed by atoms with Gasteiger partial charge < -0.3 is 10.1 Å². The molecule has 1 fully saturated rings. The van der Waals surface area contributed by atoms with E-state index in [1.54, 1.807) is 0 Å². The lowest BCUT2D eigenvalue weighted by molar-refractivity contribution is 0.167. The molecule has 3 nitrogen and oxygen atoms in total. The zero-order chi connectivity index (χ0) is 13.5. The number of nitrogens with zero attached hydrogens (tertiary/aromatic N) is 1. The third-order valence-electron chi connectivity index (χ3n) is 3.53. The van der Waals surface area contributed by atoms with Gasteiger partial charge in [-0.15, -0.1) is 0 Å². The second-order valence-corrected chi connectivity index (χ2v) is 5.37. The van der Waals surface area contributed by atoms with Crippen LogP contribution in [0.25, 0.3) is 0 Å². The summed E-state index contributed by atoms with van der Waals surface area (Å²) in [6.45, 7) is 7.26. The molecular formula is C15H23ClN2O. The Balaban J connectivity index is 1.80. The van der Waals surface area contributed by atoms with Gasteiger partial charge in [0.25, 0.3) is 0 Å². The minimum absolute atomic E-state index is 0.662. The molecule has 1 aliphatic heterocycles. The van der Waals surface area contributed by atoms with E-state index in [1.807, 2.05) is 24.3 Å². The maximum absolute atomic E-state index is 6.08. The van der Waals surface area contributed by atoms with Crippen molar-refractivity contribution in [2.75, 3.05) is 32.8 Å². The van der Waals surface area contributed by atoms with Crippen molar-refractivity contribution < 1.29 is 4.74 Å². The van der Waals surface area contributed by atoms with Crippen LogP contribution in [0.1, 0.15) is 19.8 Å². The van der Waals surface area contributed by atoms with E-state index in [0.717, 1.165) is 31.9 Å². The molecule has 0 amide bonds. The number of rotatable bonds is 7. The van der Waals surface area contributed by atoms with E-state index >= 15 is 0 Å². The van der Waals surface area contributed by atoms with Gasteiger partial charge in [0.2, 0.25) is 0 Å². The van der Waals surface area contributed by atoms with E-state index in [9.17, 15) is 0 Å². The molecule has 1 saturated heterocycles. The van der Waals surface area contributed by atoms with Crippen LogP contribution in [0.4, 0.5) is 0 Å². The van der Waals surface area contributed by atoms with Gasteiger partial charge >= 0.3 is 0 Å². The fourth-order valence-corrected chi connectivity index (χ4v) is 2.74. The summed E-state index contributed by atoms with van der Waals surface area (Å²) in [5.41, 5.74) is 0. The van der Waals surface area contributed by atoms with E-state index in [4.69, 9.17) is 16.3 Å². The van der Waals surface area contributed by atoms with Crippen molar-refractivity contribution in [1.82, 2.24) is 10.2 Å². The largest absolute Gasteiger partial charge is 0.491 e. The fraction of sp³-hybridized carbons (Fsp3) is 0.600. The third-order valence-corrected chi connectivity index (χ3v) is 3.85. The highest BCUT2D eigenvalue weighted by molar-refractivity contribution is 6.32. The second kappa shape index (κ2) is 7.73. The molecule has 1 heterocycles. The van der Waals surface area contributed by atoms with E-state index in [1.165, 1.54) is 12.8 Å². The van der Waals surface area contributed by atoms with E-state index in [0.29, 0.717) is 17.7 Å². The Morgan fingerprint density at radius 3 is 2.89 bits per heavy atom. The zero-order valence-corrected chi connectivity index (χ0v) is 12.3. The zero-order valence-electron chi connectivity index (χ0n) is 11.6. The molecule has 1 aliphatic rings. The molecule has 0 aliphatic carbocycles. The van der Waals surface area contributed by atoms with E-state index in [2.05, 4.69) is 17.1 Å². The Morgan fingerprint density at radius 1 is 1.37 bits per heavy atom. The molecule has 0 radical (unpaired) electrons. The predicted octanol–water partition coefficient (Wildman–Crippen LogP) is 2.79. The van der Waals surface area contributed by atoms with Crippen LogP contribution < -0.4 is 10.1 Å². The predicted molar refractivity (Wildman–Crippen MR) is 80.1 cm³/mol. The summed E-state index contributed by atoms with van der Waals surface area (Å²) >= 11 is 6.08. The number of hydrogen-bond donors (Lipinski definition) is 1. The van der Waals surface area contributed by atoms with Gasteiger partial charge in [-0.2, -0.15) is 0 Å². The van der Waals surface area contributed by atoms with Gasteiger partial charge in [0.05, 0.1) is 5.02 Å². The van der Waals surface area contributed by atoms with E-state index < -0.39 is 0 Å². The molecule has 106 valence electrons. The van der Waals surface area contributed by atoms with Crippen LogP contribution >= 0.6 is 11.6 Å². The minimum atomic E-state index is 0.662. The fourth-order valence-electron chi connectivity index (χ4n) is 2.55. The Morgan fingerprint density at radius 2 is 2.21 bits per heavy atom. The van der Waals surface area contributed by atoms with Crippen molar-refractivity contribution in [3.63, 3.8) is 0 Å². The van der Waals surface area contributed by atoms with Crippen molar-refractivity contribution in [1.29, 1.82) is 0 Å². The molecule has 1 N–H and O–H groups in total. The number of ether oxygens (including phenoxy) is 1. The molecule has 0 aromatic heterocycles. The van der Waals surface area contributed by atoms with Crippen molar-refractivity contribution >= 4 is 11.6 Å². The smallest absolute Gasteiger partial charge is 0.137 e. The summed E-state index contributed by atoms with van der Waals surface area (Å²) in [7, 11) is 0. The quantitative estimate of drug-likeness (QED) is 0.832. The molecule has 2 rings (SSSR count). The second-order valence-electron chi connectivity index (χ2n) is 4.96. The summed E-state index contributed by atoms with van der Waals surface area (Å²) in [5, 5.41) is 4.11. The number of halogens is 1. The molecular weight excluding hydrogens is 260 g/mol. The van der Waals surface area contributed by atoms with Crippen molar-refractivity contribution in [2.24, 2.45) is 0 Å². The van der Waals surface area contributed by atoms with Gasteiger partial charge in [-0.05, 0) is 38.1 Å². The van der Waals surface area contributed by atoms with Crippen molar-refractivity contribution in [3.8, 4) is 5.75 Å². The summed E-state index contributed by atoms with van der Waals surface area (Å²) in [6, 6.07) is 8.31. The van der Waals surface area contributed by atoms with E-state index in [-0.39, 0.29) is 0 Å². The lowest BCUT2D eigenvalue weighted by Crippen LogP contribution is -2.40. The van der Waals surface area contributed by atoms with Gasteiger partial charge in [0, 0.05) is 19.1 Å². The first kappa shape index (κ1) is 14.6. The highest BCUT2D eigenvalue weighted by atomic mass is 35.5. The van der Waals surface area contributed by atoms with Gasteiger partial charge in [0.1, 0.15) is 12.4 Å². The Bertz CT molecular complexity index is 380. The number of para-hydroxylation sites is 1. The Hall–Kier alpha value is -0.770. The molecule has 1 aromatic carbocycles. The number of benzene rings is 1. The first-order chi connectivity index (χ1) is 9.31. The molecule has 1 aromatic rings. The first-order valence-corrected chi connectivity index (χ1v) is 7.51. The van der Waals surface area contributed by atoms with Crippen molar-refractivity contribution in [3.05, 3.63) is 29.3 Å². The first-order valence-electron chi connectivity index (χ1n) is 7.13. The Kier molecular flexibility index (Phi) is 5.95. The maximum Gasteiger partial charge on any atom is 0.137 e. The Labute approximate surface area is 120 Å². The van der Waals surface area contributed by atoms with Gasteiger partial charge in [0.15, 0.2) is 0 Å². The summed E-state index contributed by atoms with van der Waals surface area (Å²) in [4.78, 5) is 2.52. The van der Waals surface area contributed by atoms with Crippen LogP contribution in [0, 0.1) is 0 Å². The molecule has 4 heteroatoms. The average molecular weight is 283 g/mol. The van der Waals surface area contributed by atoms with Crippen LogP contribution in [-0.2, 0) is 0 Å². The monoisotopic (exact) mass is 282 g/mol. The molecule has 1 unspecified atom stereocenters. The standard InChI is InChI=1S/C15H23ClN2O/c1-2-9-18(13-7-8-17-12-13)10-11-19-15-6-4-3-5-14(15)16/h3-6,13,17H,2,7-12H2,1H3. The normalized spacial score (nSPS) is 19.0. The topological polar surface area (TPSA) is 24.5 Å². The average Bonchev–Trinajstić information content (AvgIpc) is 2.94. The highest BCUT2D eigenvalue weighted by Gasteiger charge is 2.21. The third kappa shape index (κ3) is 4.37. The lowest BCUT2D eigenvalue weighted by Gasteiger charge is -2.27. The minimum Gasteiger partial charge on any atom is -0.491 e. The van der Waals surface area contributed by atoms with Crippen LogP contribution in [0.3, 0.4) is 0 Å². The van der Waals surface area contributed by atoms with Crippen LogP contribution in [0.5, 0.6) is 5.75 Å². The summed E-state index contributed by atoms with van der Waals surface area (Å²) in [5.74, 6) is 0.783. The lowest BCUT2D eigenvalue weighted by atomic mass is 10.2. The maximum atomic E-state index is 6.08. The van der Waals surface area contributed by atoms with Crippen LogP contribution in [0.15, 0.2) is 24.3 Å². The molecule has 0 saturated carbocycles. The van der Waals surface area contributed by atoms with Gasteiger partial charge in [-0.25, -0.2) is 0 Å². The van der Waals surface area contributed by atoms with Crippen LogP contribution in [0.2, 0.25) is 5.02 Å². The molecule has 1 atom stereocenters. The summed E-state index contributed by atoms with van der Waals surface area (Å²) in [6.07, 6.45) is 2.43. The number of hydrogen-bond acceptors (Lipinski definition) is 3. The van der Waals surface area contributed by atoms with Gasteiger partial charge in [-0.3, -0.25) is 4.90 Å². The van der Waals surface area contributed by atoms with Crippen molar-refractivity contribution in [2.45, 2.75) is 25.8 Å². The van der Waals surface area contributed by atoms with Gasteiger partial charge in [-0.1, -0.05) is 30.7 Å². The SMILES string of the molecule is CCCN(CCOc1ccccc1Cl)C1CCNC1. The number of nitrogens with one attached hydrogen (secondary N) is 1. The highest BCUT2D eigenvalue weighted by Crippen LogP contribution is 2.23.